The van der Waals surface area contributed by atoms with Crippen LogP contribution in [-0.2, 0) is 28.7 Å². The van der Waals surface area contributed by atoms with E-state index in [1.54, 1.807) is 0 Å². The van der Waals surface area contributed by atoms with Gasteiger partial charge in [0.25, 0.3) is 0 Å². The molecule has 0 aromatic heterocycles. The van der Waals surface area contributed by atoms with Crippen molar-refractivity contribution < 1.29 is 52.6 Å². The molecule has 6 atom stereocenters. The van der Waals surface area contributed by atoms with Gasteiger partial charge in [0.1, 0.15) is 11.8 Å². The highest BCUT2D eigenvalue weighted by molar-refractivity contribution is 6.37. The Hall–Kier alpha value is -4.93. The molecule has 248 valence electrons. The zero-order valence-corrected chi connectivity index (χ0v) is 26.6. The van der Waals surface area contributed by atoms with E-state index < -0.39 is 87.9 Å². The smallest absolute Gasteiger partial charge is 0.309 e. The maximum absolute atomic E-state index is 13.6. The third kappa shape index (κ3) is 5.35. The molecule has 0 N–H and O–H groups in total. The third-order valence-electron chi connectivity index (χ3n) is 10.5. The fourth-order valence-electron chi connectivity index (χ4n) is 7.99. The van der Waals surface area contributed by atoms with Crippen molar-refractivity contribution in [2.24, 2.45) is 35.5 Å². The van der Waals surface area contributed by atoms with Gasteiger partial charge in [-0.1, -0.05) is 37.8 Å². The summed E-state index contributed by atoms with van der Waals surface area (Å²) in [6.45, 7) is 0. The predicted octanol–water partition coefficient (Wildman–Crippen LogP) is 4.01. The van der Waals surface area contributed by atoms with Crippen LogP contribution in [0, 0.1) is 35.5 Å². The summed E-state index contributed by atoms with van der Waals surface area (Å²) >= 11 is 0. The number of hydrogen-bond acceptors (Lipinski definition) is 11. The van der Waals surface area contributed by atoms with Gasteiger partial charge >= 0.3 is 11.9 Å². The SMILES string of the molecule is COC(=O)[C@@H]1CCCCC1C(=O)C1C(=O)c2ccc(C(=O)c3ccc4c(c3)C(=O)C(C(=O)C3CCCC[C@H]3C(=O)OC)C4=O)cc2C1=O. The number of carbonyl (C=O) groups excluding carboxylic acids is 9. The Morgan fingerprint density at radius 2 is 0.833 bits per heavy atom. The first-order valence-electron chi connectivity index (χ1n) is 16.2. The number of methoxy groups -OCH3 is 2. The maximum Gasteiger partial charge on any atom is 0.309 e. The Balaban J connectivity index is 1.23. The second-order valence-electron chi connectivity index (χ2n) is 13.0. The molecule has 0 radical (unpaired) electrons. The summed E-state index contributed by atoms with van der Waals surface area (Å²) in [4.78, 5) is 119. The van der Waals surface area contributed by atoms with Crippen molar-refractivity contribution in [1.29, 1.82) is 0 Å². The molecule has 4 unspecified atom stereocenters. The van der Waals surface area contributed by atoms with Crippen molar-refractivity contribution in [2.45, 2.75) is 51.4 Å². The van der Waals surface area contributed by atoms with Crippen molar-refractivity contribution in [2.75, 3.05) is 14.2 Å². The topological polar surface area (TPSA) is 172 Å². The van der Waals surface area contributed by atoms with Gasteiger partial charge < -0.3 is 9.47 Å². The number of Topliss-reactive ketones (excluding diaryl/α,β-unsaturated/α-hetero) is 6. The molecular formula is C37H34O11. The van der Waals surface area contributed by atoms with E-state index in [1.165, 1.54) is 50.6 Å². The molecule has 0 heterocycles. The highest BCUT2D eigenvalue weighted by Gasteiger charge is 2.50. The molecule has 0 saturated heterocycles. The van der Waals surface area contributed by atoms with Crippen molar-refractivity contribution in [3.63, 3.8) is 0 Å². The molecule has 2 fully saturated rings. The van der Waals surface area contributed by atoms with Crippen LogP contribution in [0.5, 0.6) is 0 Å². The van der Waals surface area contributed by atoms with Crippen LogP contribution in [0.1, 0.15) is 109 Å². The first-order chi connectivity index (χ1) is 23.0. The van der Waals surface area contributed by atoms with Crippen LogP contribution < -0.4 is 0 Å². The van der Waals surface area contributed by atoms with Crippen LogP contribution in [0.4, 0.5) is 0 Å². The van der Waals surface area contributed by atoms with Crippen molar-refractivity contribution in [1.82, 2.24) is 0 Å². The number of hydrogen-bond donors (Lipinski definition) is 0. The summed E-state index contributed by atoms with van der Waals surface area (Å²) in [5.41, 5.74) is -0.129. The van der Waals surface area contributed by atoms with Crippen molar-refractivity contribution in [3.8, 4) is 0 Å². The molecule has 48 heavy (non-hydrogen) atoms. The number of ketones is 7. The van der Waals surface area contributed by atoms with E-state index in [9.17, 15) is 43.2 Å². The Morgan fingerprint density at radius 3 is 1.19 bits per heavy atom. The number of rotatable bonds is 8. The van der Waals surface area contributed by atoms with E-state index in [2.05, 4.69) is 0 Å². The highest BCUT2D eigenvalue weighted by atomic mass is 16.5. The van der Waals surface area contributed by atoms with Gasteiger partial charge in [-0.15, -0.1) is 0 Å². The molecule has 0 bridgehead atoms. The average molecular weight is 655 g/mol. The standard InChI is InChI=1S/C37H34O11/c1-47-36(45)23-9-5-3-7-19(23)30(39)27-32(41)21-13-11-17(15-25(21)34(27)43)29(38)18-12-14-22-26(16-18)35(44)28(33(22)42)31(40)20-8-4-6-10-24(20)37(46)48-2/h11-16,19-20,23-24,27-28H,3-10H2,1-2H3/t19?,20?,23-,24-,27?,28?/m1/s1. The zero-order valence-electron chi connectivity index (χ0n) is 26.6. The summed E-state index contributed by atoms with van der Waals surface area (Å²) in [6, 6.07) is 7.80. The molecule has 11 heteroatoms. The average Bonchev–Trinajstić information content (AvgIpc) is 3.52. The Bertz CT molecular complexity index is 1690. The second kappa shape index (κ2) is 12.9. The van der Waals surface area contributed by atoms with Gasteiger partial charge in [-0.25, -0.2) is 0 Å². The molecule has 0 spiro atoms. The summed E-state index contributed by atoms with van der Waals surface area (Å²) in [5.74, 6) is -12.2. The normalized spacial score (nSPS) is 26.5. The van der Waals surface area contributed by atoms with Crippen molar-refractivity contribution in [3.05, 3.63) is 69.8 Å². The van der Waals surface area contributed by atoms with Gasteiger partial charge in [-0.2, -0.15) is 0 Å². The molecule has 2 aromatic rings. The van der Waals surface area contributed by atoms with Gasteiger partial charge in [-0.05, 0) is 49.9 Å². The van der Waals surface area contributed by atoms with E-state index in [-0.39, 0.29) is 33.4 Å². The van der Waals surface area contributed by atoms with Gasteiger partial charge in [-0.3, -0.25) is 43.2 Å². The van der Waals surface area contributed by atoms with Crippen LogP contribution in [0.3, 0.4) is 0 Å². The molecule has 2 aromatic carbocycles. The van der Waals surface area contributed by atoms with Crippen LogP contribution >= 0.6 is 0 Å². The lowest BCUT2D eigenvalue weighted by atomic mass is 9.73. The van der Waals surface area contributed by atoms with Crippen molar-refractivity contribution >= 4 is 52.4 Å². The summed E-state index contributed by atoms with van der Waals surface area (Å²) in [5, 5.41) is 0. The lowest BCUT2D eigenvalue weighted by molar-refractivity contribution is -0.152. The Morgan fingerprint density at radius 1 is 0.500 bits per heavy atom. The summed E-state index contributed by atoms with van der Waals surface area (Å²) in [7, 11) is 2.45. The van der Waals surface area contributed by atoms with E-state index in [0.29, 0.717) is 38.5 Å². The molecule has 4 aliphatic carbocycles. The number of fused-ring (bicyclic) bond motifs is 2. The van der Waals surface area contributed by atoms with Crippen LogP contribution in [0.25, 0.3) is 0 Å². The lowest BCUT2D eigenvalue weighted by Crippen LogP contribution is -2.39. The van der Waals surface area contributed by atoms with E-state index in [0.717, 1.165) is 12.8 Å². The summed E-state index contributed by atoms with van der Waals surface area (Å²) < 4.78 is 9.73. The Kier molecular flexibility index (Phi) is 8.89. The molecule has 4 aliphatic rings. The fourth-order valence-corrected chi connectivity index (χ4v) is 7.99. The van der Waals surface area contributed by atoms with Crippen LogP contribution in [-0.4, -0.2) is 66.6 Å². The predicted molar refractivity (Wildman–Crippen MR) is 166 cm³/mol. The van der Waals surface area contributed by atoms with E-state index in [4.69, 9.17) is 9.47 Å². The van der Waals surface area contributed by atoms with E-state index >= 15 is 0 Å². The van der Waals surface area contributed by atoms with Gasteiger partial charge in [0.15, 0.2) is 40.5 Å². The number of esters is 2. The van der Waals surface area contributed by atoms with Gasteiger partial charge in [0.05, 0.1) is 26.1 Å². The first-order valence-corrected chi connectivity index (χ1v) is 16.2. The minimum absolute atomic E-state index is 0.00406. The zero-order chi connectivity index (χ0) is 34.4. The molecule has 2 saturated carbocycles. The number of ether oxygens (including phenoxy) is 2. The minimum Gasteiger partial charge on any atom is -0.469 e. The van der Waals surface area contributed by atoms with Gasteiger partial charge in [0, 0.05) is 45.2 Å². The summed E-state index contributed by atoms with van der Waals surface area (Å²) in [6.07, 6.45) is 4.33. The molecule has 0 aliphatic heterocycles. The maximum atomic E-state index is 13.6. The highest BCUT2D eigenvalue weighted by Crippen LogP contribution is 2.39. The number of benzene rings is 2. The third-order valence-corrected chi connectivity index (χ3v) is 10.5. The monoisotopic (exact) mass is 654 g/mol. The van der Waals surface area contributed by atoms with Gasteiger partial charge in [0.2, 0.25) is 0 Å². The second-order valence-corrected chi connectivity index (χ2v) is 13.0. The number of carbonyl (C=O) groups is 9. The van der Waals surface area contributed by atoms with Crippen LogP contribution in [0.15, 0.2) is 36.4 Å². The largest absolute Gasteiger partial charge is 0.469 e. The quantitative estimate of drug-likeness (QED) is 0.229. The minimum atomic E-state index is -1.61. The first kappa shape index (κ1) is 33.0. The molecule has 6 rings (SSSR count). The van der Waals surface area contributed by atoms with Crippen LogP contribution in [0.2, 0.25) is 0 Å². The lowest BCUT2D eigenvalue weighted by Gasteiger charge is -2.29. The fraction of sp³-hybridized carbons (Fsp3) is 0.432. The van der Waals surface area contributed by atoms with E-state index in [1.807, 2.05) is 0 Å². The molecule has 11 nitrogen and oxygen atoms in total. The molecular weight excluding hydrogens is 620 g/mol. The molecule has 0 amide bonds. The Labute approximate surface area is 275 Å².